The summed E-state index contributed by atoms with van der Waals surface area (Å²) in [7, 11) is 0. The van der Waals surface area contributed by atoms with Crippen molar-refractivity contribution in [1.29, 1.82) is 0 Å². The zero-order valence-electron chi connectivity index (χ0n) is 11.8. The van der Waals surface area contributed by atoms with Crippen LogP contribution >= 0.6 is 0 Å². The van der Waals surface area contributed by atoms with Crippen LogP contribution in [0.15, 0.2) is 11.6 Å². The second-order valence-corrected chi connectivity index (χ2v) is 6.89. The quantitative estimate of drug-likeness (QED) is 0.715. The van der Waals surface area contributed by atoms with E-state index < -0.39 is 23.2 Å². The summed E-state index contributed by atoms with van der Waals surface area (Å²) in [6.07, 6.45) is 0.327. The number of hydrogen-bond donors (Lipinski definition) is 1. The Morgan fingerprint density at radius 3 is 2.58 bits per heavy atom. The van der Waals surface area contributed by atoms with Crippen molar-refractivity contribution in [1.82, 2.24) is 0 Å². The maximum Gasteiger partial charge on any atom is 0.190 e. The molecule has 0 amide bonds. The lowest BCUT2D eigenvalue weighted by molar-refractivity contribution is -0.135. The van der Waals surface area contributed by atoms with Crippen molar-refractivity contribution in [2.75, 3.05) is 0 Å². The number of hydrogen-bond acceptors (Lipinski definition) is 4. The number of carbonyl (C=O) groups excluding carboxylic acids is 2. The minimum Gasteiger partial charge on any atom is -0.389 e. The Kier molecular flexibility index (Phi) is 2.43. The van der Waals surface area contributed by atoms with Crippen LogP contribution in [-0.2, 0) is 14.3 Å². The van der Waals surface area contributed by atoms with Crippen LogP contribution in [0.3, 0.4) is 0 Å². The number of aliphatic hydroxyl groups excluding tert-OH is 1. The van der Waals surface area contributed by atoms with E-state index >= 15 is 0 Å². The van der Waals surface area contributed by atoms with Gasteiger partial charge < -0.3 is 9.84 Å². The molecule has 1 heterocycles. The van der Waals surface area contributed by atoms with Gasteiger partial charge in [0.2, 0.25) is 0 Å². The Labute approximate surface area is 112 Å². The third-order valence-corrected chi connectivity index (χ3v) is 5.42. The Morgan fingerprint density at radius 1 is 1.32 bits per heavy atom. The fourth-order valence-corrected chi connectivity index (χ4v) is 4.46. The van der Waals surface area contributed by atoms with Crippen LogP contribution < -0.4 is 0 Å². The topological polar surface area (TPSA) is 63.6 Å². The second kappa shape index (κ2) is 3.55. The fourth-order valence-electron chi connectivity index (χ4n) is 4.46. The minimum absolute atomic E-state index is 0.00178. The van der Waals surface area contributed by atoms with Gasteiger partial charge in [-0.1, -0.05) is 13.8 Å². The van der Waals surface area contributed by atoms with Crippen LogP contribution in [0.25, 0.3) is 0 Å². The lowest BCUT2D eigenvalue weighted by atomic mass is 9.52. The summed E-state index contributed by atoms with van der Waals surface area (Å²) in [5.41, 5.74) is -0.484. The summed E-state index contributed by atoms with van der Waals surface area (Å²) in [5, 5.41) is 10.4. The van der Waals surface area contributed by atoms with E-state index in [2.05, 4.69) is 0 Å². The summed E-state index contributed by atoms with van der Waals surface area (Å²) < 4.78 is 5.79. The number of ketones is 2. The molecule has 1 aliphatic heterocycles. The molecule has 1 saturated carbocycles. The smallest absolute Gasteiger partial charge is 0.190 e. The number of allylic oxidation sites excluding steroid dienone is 1. The van der Waals surface area contributed by atoms with Crippen LogP contribution in [0.2, 0.25) is 0 Å². The number of Topliss-reactive ketones (excluding diaryl/α,β-unsaturated/α-hetero) is 1. The highest BCUT2D eigenvalue weighted by Crippen LogP contribution is 2.60. The highest BCUT2D eigenvalue weighted by atomic mass is 16.5. The molecule has 0 spiro atoms. The van der Waals surface area contributed by atoms with Crippen molar-refractivity contribution in [3.05, 3.63) is 11.6 Å². The second-order valence-electron chi connectivity index (χ2n) is 6.89. The lowest BCUT2D eigenvalue weighted by Gasteiger charge is -2.50. The molecule has 0 aromatic heterocycles. The van der Waals surface area contributed by atoms with Crippen LogP contribution in [0, 0.1) is 17.3 Å². The van der Waals surface area contributed by atoms with Gasteiger partial charge >= 0.3 is 0 Å². The van der Waals surface area contributed by atoms with Gasteiger partial charge in [0.05, 0.1) is 11.7 Å². The molecule has 3 rings (SSSR count). The Balaban J connectivity index is 2.23. The van der Waals surface area contributed by atoms with Gasteiger partial charge in [-0.25, -0.2) is 0 Å². The summed E-state index contributed by atoms with van der Waals surface area (Å²) in [4.78, 5) is 24.3. The van der Waals surface area contributed by atoms with Gasteiger partial charge in [-0.3, -0.25) is 9.59 Å². The van der Waals surface area contributed by atoms with Gasteiger partial charge in [0, 0.05) is 23.3 Å². The molecule has 0 radical (unpaired) electrons. The predicted octanol–water partition coefficient (Wildman–Crippen LogP) is 1.27. The van der Waals surface area contributed by atoms with E-state index in [0.29, 0.717) is 12.0 Å². The Hall–Kier alpha value is -1.00. The van der Waals surface area contributed by atoms with E-state index in [0.717, 1.165) is 0 Å². The average Bonchev–Trinajstić information content (AvgIpc) is 2.49. The van der Waals surface area contributed by atoms with Crippen LogP contribution in [-0.4, -0.2) is 34.5 Å². The first kappa shape index (κ1) is 13.0. The number of ether oxygens (including phenoxy) is 1. The van der Waals surface area contributed by atoms with Crippen molar-refractivity contribution in [2.45, 2.75) is 51.9 Å². The average molecular weight is 264 g/mol. The molecular weight excluding hydrogens is 244 g/mol. The molecule has 5 atom stereocenters. The van der Waals surface area contributed by atoms with E-state index in [-0.39, 0.29) is 23.4 Å². The van der Waals surface area contributed by atoms with Crippen molar-refractivity contribution in [3.63, 3.8) is 0 Å². The first-order valence-electron chi connectivity index (χ1n) is 6.84. The summed E-state index contributed by atoms with van der Waals surface area (Å²) >= 11 is 0. The number of carbonyl (C=O) groups is 2. The monoisotopic (exact) mass is 264 g/mol. The first-order chi connectivity index (χ1) is 8.69. The van der Waals surface area contributed by atoms with Gasteiger partial charge in [-0.05, 0) is 25.8 Å². The molecule has 2 fully saturated rings. The molecule has 4 heteroatoms. The van der Waals surface area contributed by atoms with Crippen LogP contribution in [0.5, 0.6) is 0 Å². The van der Waals surface area contributed by atoms with Crippen molar-refractivity contribution < 1.29 is 19.4 Å². The van der Waals surface area contributed by atoms with E-state index in [9.17, 15) is 14.7 Å². The minimum atomic E-state index is -0.808. The number of aliphatic hydroxyl groups is 1. The molecule has 5 unspecified atom stereocenters. The number of rotatable bonds is 0. The largest absolute Gasteiger partial charge is 0.389 e. The standard InChI is InChI=1S/C15H20O4/c1-7-5-8(16)6-9-10(17)12-11(18)13(15(7,9)4)14(2,3)19-12/h6-7,11-13,18H,5H2,1-4H3. The molecule has 3 aliphatic rings. The maximum atomic E-state index is 12.5. The highest BCUT2D eigenvalue weighted by Gasteiger charge is 2.67. The molecular formula is C15H20O4. The SMILES string of the molecule is CC1CC(=O)C=C2C(=O)C3OC(C)(C)C(C3O)C21C. The molecule has 2 bridgehead atoms. The molecule has 0 aromatic carbocycles. The normalized spacial score (nSPS) is 47.9. The van der Waals surface area contributed by atoms with E-state index in [4.69, 9.17) is 4.74 Å². The molecule has 0 aromatic rings. The fraction of sp³-hybridized carbons (Fsp3) is 0.733. The molecule has 19 heavy (non-hydrogen) atoms. The van der Waals surface area contributed by atoms with E-state index in [1.807, 2.05) is 27.7 Å². The lowest BCUT2D eigenvalue weighted by Crippen LogP contribution is -2.56. The van der Waals surface area contributed by atoms with Crippen molar-refractivity contribution in [3.8, 4) is 0 Å². The van der Waals surface area contributed by atoms with Gasteiger partial charge in [-0.15, -0.1) is 0 Å². The summed E-state index contributed by atoms with van der Waals surface area (Å²) in [6, 6.07) is 0. The van der Waals surface area contributed by atoms with Crippen LogP contribution in [0.1, 0.15) is 34.1 Å². The maximum absolute atomic E-state index is 12.5. The highest BCUT2D eigenvalue weighted by molar-refractivity contribution is 6.08. The van der Waals surface area contributed by atoms with Crippen molar-refractivity contribution >= 4 is 11.6 Å². The Bertz CT molecular complexity index is 504. The van der Waals surface area contributed by atoms with Gasteiger partial charge in [0.1, 0.15) is 6.10 Å². The molecule has 1 N–H and O–H groups in total. The van der Waals surface area contributed by atoms with Gasteiger partial charge in [-0.2, -0.15) is 0 Å². The molecule has 1 saturated heterocycles. The number of fused-ring (bicyclic) bond motifs is 4. The third-order valence-electron chi connectivity index (χ3n) is 5.42. The zero-order chi connectivity index (χ0) is 14.2. The van der Waals surface area contributed by atoms with E-state index in [1.165, 1.54) is 6.08 Å². The molecule has 4 nitrogen and oxygen atoms in total. The summed E-state index contributed by atoms with van der Waals surface area (Å²) in [6.45, 7) is 7.82. The van der Waals surface area contributed by atoms with E-state index in [1.54, 1.807) is 0 Å². The first-order valence-corrected chi connectivity index (χ1v) is 6.84. The van der Waals surface area contributed by atoms with Crippen LogP contribution in [0.4, 0.5) is 0 Å². The summed E-state index contributed by atoms with van der Waals surface area (Å²) in [5.74, 6) is -0.332. The Morgan fingerprint density at radius 2 is 1.95 bits per heavy atom. The predicted molar refractivity (Wildman–Crippen MR) is 68.4 cm³/mol. The molecule has 2 aliphatic carbocycles. The molecule has 104 valence electrons. The van der Waals surface area contributed by atoms with Gasteiger partial charge in [0.15, 0.2) is 11.6 Å². The third kappa shape index (κ3) is 1.41. The zero-order valence-corrected chi connectivity index (χ0v) is 11.8. The van der Waals surface area contributed by atoms with Gasteiger partial charge in [0.25, 0.3) is 0 Å². The van der Waals surface area contributed by atoms with Crippen molar-refractivity contribution in [2.24, 2.45) is 17.3 Å².